The van der Waals surface area contributed by atoms with Gasteiger partial charge in [0.05, 0.1) is 28.7 Å². The molecule has 0 bridgehead atoms. The second kappa shape index (κ2) is 8.53. The molecule has 0 fully saturated rings. The van der Waals surface area contributed by atoms with Crippen LogP contribution in [0.2, 0.25) is 0 Å². The number of aryl methyl sites for hydroxylation is 1. The first-order valence-electron chi connectivity index (χ1n) is 8.37. The number of methoxy groups -OCH3 is 1. The number of benzene rings is 2. The van der Waals surface area contributed by atoms with E-state index in [2.05, 4.69) is 5.32 Å². The fourth-order valence-electron chi connectivity index (χ4n) is 2.52. The lowest BCUT2D eigenvalue weighted by atomic mass is 10.2. The average Bonchev–Trinajstić information content (AvgIpc) is 3.16. The van der Waals surface area contributed by atoms with Crippen molar-refractivity contribution in [2.24, 2.45) is 0 Å². The minimum atomic E-state index is -0.520. The Hall–Kier alpha value is -3.39. The summed E-state index contributed by atoms with van der Waals surface area (Å²) in [4.78, 5) is 23.3. The van der Waals surface area contributed by atoms with Crippen molar-refractivity contribution >= 4 is 28.6 Å². The van der Waals surface area contributed by atoms with Crippen LogP contribution in [0.4, 0.5) is 11.4 Å². The van der Waals surface area contributed by atoms with Gasteiger partial charge in [-0.1, -0.05) is 12.1 Å². The summed E-state index contributed by atoms with van der Waals surface area (Å²) in [6, 6.07) is 13.5. The Bertz CT molecular complexity index is 1020. The van der Waals surface area contributed by atoms with Gasteiger partial charge in [-0.15, -0.1) is 11.3 Å². The molecule has 28 heavy (non-hydrogen) atoms. The molecule has 3 aromatic rings. The van der Waals surface area contributed by atoms with E-state index >= 15 is 0 Å². The Kier molecular flexibility index (Phi) is 5.90. The number of rotatable bonds is 7. The zero-order chi connectivity index (χ0) is 20.1. The third-order valence-electron chi connectivity index (χ3n) is 3.92. The zero-order valence-corrected chi connectivity index (χ0v) is 16.1. The van der Waals surface area contributed by atoms with Crippen molar-refractivity contribution < 1.29 is 19.2 Å². The minimum Gasteiger partial charge on any atom is -0.494 e. The first-order valence-corrected chi connectivity index (χ1v) is 9.25. The molecule has 8 heteroatoms. The molecule has 0 aliphatic rings. The lowest BCUT2D eigenvalue weighted by molar-refractivity contribution is -0.384. The monoisotopic (exact) mass is 398 g/mol. The smallest absolute Gasteiger partial charge is 0.273 e. The summed E-state index contributed by atoms with van der Waals surface area (Å²) in [6.45, 7) is 2.35. The number of thiophene rings is 1. The van der Waals surface area contributed by atoms with Crippen LogP contribution < -0.4 is 14.8 Å². The topological polar surface area (TPSA) is 90.7 Å². The maximum absolute atomic E-state index is 12.5. The number of carbonyl (C=O) groups excluding carboxylic acids is 1. The Morgan fingerprint density at radius 2 is 2.04 bits per heavy atom. The number of hydrogen-bond acceptors (Lipinski definition) is 6. The Labute approximate surface area is 165 Å². The van der Waals surface area contributed by atoms with Crippen LogP contribution in [0.1, 0.15) is 20.8 Å². The quantitative estimate of drug-likeness (QED) is 0.456. The van der Waals surface area contributed by atoms with Gasteiger partial charge in [0, 0.05) is 11.6 Å². The van der Waals surface area contributed by atoms with Gasteiger partial charge in [-0.2, -0.15) is 0 Å². The predicted octanol–water partition coefficient (Wildman–Crippen LogP) is 4.80. The van der Waals surface area contributed by atoms with Crippen LogP contribution in [0.3, 0.4) is 0 Å². The molecule has 1 N–H and O–H groups in total. The predicted molar refractivity (Wildman–Crippen MR) is 107 cm³/mol. The molecule has 144 valence electrons. The molecule has 0 saturated heterocycles. The third-order valence-corrected chi connectivity index (χ3v) is 4.89. The summed E-state index contributed by atoms with van der Waals surface area (Å²) < 4.78 is 10.9. The Morgan fingerprint density at radius 1 is 1.21 bits per heavy atom. The van der Waals surface area contributed by atoms with Crippen LogP contribution in [-0.4, -0.2) is 17.9 Å². The van der Waals surface area contributed by atoms with Gasteiger partial charge in [0.25, 0.3) is 11.6 Å². The highest BCUT2D eigenvalue weighted by atomic mass is 32.1. The number of nitro benzene ring substituents is 1. The van der Waals surface area contributed by atoms with Gasteiger partial charge >= 0.3 is 0 Å². The van der Waals surface area contributed by atoms with Gasteiger partial charge in [0.2, 0.25) is 0 Å². The molecular formula is C20H18N2O5S. The van der Waals surface area contributed by atoms with E-state index in [-0.39, 0.29) is 17.3 Å². The number of anilines is 1. The fraction of sp³-hybridized carbons (Fsp3) is 0.150. The molecule has 0 saturated carbocycles. The van der Waals surface area contributed by atoms with Gasteiger partial charge in [-0.25, -0.2) is 0 Å². The van der Waals surface area contributed by atoms with Crippen molar-refractivity contribution in [2.45, 2.75) is 13.5 Å². The molecule has 1 amide bonds. The second-order valence-corrected chi connectivity index (χ2v) is 6.93. The molecule has 3 rings (SSSR count). The van der Waals surface area contributed by atoms with Crippen molar-refractivity contribution in [3.8, 4) is 11.5 Å². The van der Waals surface area contributed by atoms with Crippen molar-refractivity contribution in [3.05, 3.63) is 80.0 Å². The van der Waals surface area contributed by atoms with Crippen molar-refractivity contribution in [2.75, 3.05) is 12.4 Å². The number of carbonyl (C=O) groups is 1. The lowest BCUT2D eigenvalue weighted by Gasteiger charge is -2.09. The van der Waals surface area contributed by atoms with E-state index in [1.54, 1.807) is 6.07 Å². The number of ether oxygens (including phenoxy) is 2. The molecule has 7 nitrogen and oxygen atoms in total. The van der Waals surface area contributed by atoms with E-state index in [1.807, 2.05) is 36.6 Å². The molecule has 1 aromatic heterocycles. The van der Waals surface area contributed by atoms with Gasteiger partial charge in [-0.05, 0) is 42.1 Å². The fourth-order valence-corrected chi connectivity index (χ4v) is 3.31. The first kappa shape index (κ1) is 19.4. The highest BCUT2D eigenvalue weighted by Crippen LogP contribution is 2.30. The highest BCUT2D eigenvalue weighted by Gasteiger charge is 2.15. The normalized spacial score (nSPS) is 10.4. The molecular weight excluding hydrogens is 380 g/mol. The number of nitrogens with zero attached hydrogens (tertiary/aromatic N) is 1. The van der Waals surface area contributed by atoms with E-state index in [9.17, 15) is 14.9 Å². The highest BCUT2D eigenvalue weighted by molar-refractivity contribution is 7.12. The lowest BCUT2D eigenvalue weighted by Crippen LogP contribution is -2.11. The number of hydrogen-bond donors (Lipinski definition) is 1. The van der Waals surface area contributed by atoms with E-state index < -0.39 is 4.92 Å². The summed E-state index contributed by atoms with van der Waals surface area (Å²) in [6.07, 6.45) is 0. The maximum atomic E-state index is 12.5. The first-order chi connectivity index (χ1) is 13.5. The molecule has 0 unspecified atom stereocenters. The summed E-state index contributed by atoms with van der Waals surface area (Å²) in [5, 5.41) is 15.4. The van der Waals surface area contributed by atoms with E-state index in [4.69, 9.17) is 9.47 Å². The summed E-state index contributed by atoms with van der Waals surface area (Å²) in [5.41, 5.74) is 2.25. The molecule has 1 heterocycles. The molecule has 0 atom stereocenters. The maximum Gasteiger partial charge on any atom is 0.273 e. The summed E-state index contributed by atoms with van der Waals surface area (Å²) in [5.74, 6) is 0.675. The standard InChI is InChI=1S/C20H18N2O5S/c1-13-4-3-5-16(8-13)27-11-14-9-19(28-12-14)20(23)21-17-7-6-15(22(24)25)10-18(17)26-2/h3-10,12H,11H2,1-2H3,(H,21,23). The molecule has 0 spiro atoms. The van der Waals surface area contributed by atoms with Crippen LogP contribution in [0.25, 0.3) is 0 Å². The van der Waals surface area contributed by atoms with Crippen LogP contribution in [0, 0.1) is 17.0 Å². The number of amides is 1. The minimum absolute atomic E-state index is 0.110. The van der Waals surface area contributed by atoms with Crippen LogP contribution in [0.5, 0.6) is 11.5 Å². The Balaban J connectivity index is 1.66. The molecule has 2 aromatic carbocycles. The van der Waals surface area contributed by atoms with Gasteiger partial charge < -0.3 is 14.8 Å². The van der Waals surface area contributed by atoms with Crippen LogP contribution >= 0.6 is 11.3 Å². The second-order valence-electron chi connectivity index (χ2n) is 6.02. The summed E-state index contributed by atoms with van der Waals surface area (Å²) in [7, 11) is 1.39. The molecule has 0 aliphatic heterocycles. The zero-order valence-electron chi connectivity index (χ0n) is 15.3. The van der Waals surface area contributed by atoms with Crippen LogP contribution in [-0.2, 0) is 6.61 Å². The largest absolute Gasteiger partial charge is 0.494 e. The van der Waals surface area contributed by atoms with Gasteiger partial charge in [0.1, 0.15) is 18.1 Å². The number of non-ortho nitro benzene ring substituents is 1. The SMILES string of the molecule is COc1cc([N+](=O)[O-])ccc1NC(=O)c1cc(COc2cccc(C)c2)cs1. The van der Waals surface area contributed by atoms with E-state index in [0.717, 1.165) is 16.9 Å². The third kappa shape index (κ3) is 4.66. The van der Waals surface area contributed by atoms with Gasteiger partial charge in [0.15, 0.2) is 0 Å². The summed E-state index contributed by atoms with van der Waals surface area (Å²) >= 11 is 1.30. The van der Waals surface area contributed by atoms with E-state index in [0.29, 0.717) is 17.2 Å². The van der Waals surface area contributed by atoms with Crippen molar-refractivity contribution in [1.82, 2.24) is 0 Å². The van der Waals surface area contributed by atoms with Crippen molar-refractivity contribution in [3.63, 3.8) is 0 Å². The van der Waals surface area contributed by atoms with E-state index in [1.165, 1.54) is 36.6 Å². The number of nitrogens with one attached hydrogen (secondary N) is 1. The molecule has 0 radical (unpaired) electrons. The van der Waals surface area contributed by atoms with Crippen LogP contribution in [0.15, 0.2) is 53.9 Å². The number of nitro groups is 1. The Morgan fingerprint density at radius 3 is 2.75 bits per heavy atom. The average molecular weight is 398 g/mol. The molecule has 0 aliphatic carbocycles. The van der Waals surface area contributed by atoms with Gasteiger partial charge in [-0.3, -0.25) is 14.9 Å². The van der Waals surface area contributed by atoms with Crippen molar-refractivity contribution in [1.29, 1.82) is 0 Å².